The normalized spacial score (nSPS) is 19.6. The van der Waals surface area contributed by atoms with Crippen molar-refractivity contribution in [2.24, 2.45) is 0 Å². The van der Waals surface area contributed by atoms with E-state index in [9.17, 15) is 10.2 Å². The number of aliphatic hydroxyl groups is 1. The molecule has 1 saturated heterocycles. The van der Waals surface area contributed by atoms with Gasteiger partial charge >= 0.3 is 0 Å². The quantitative estimate of drug-likeness (QED) is 0.794. The summed E-state index contributed by atoms with van der Waals surface area (Å²) in [4.78, 5) is 2.16. The summed E-state index contributed by atoms with van der Waals surface area (Å²) in [5.74, 6) is 0.193. The highest BCUT2D eigenvalue weighted by Gasteiger charge is 2.16. The van der Waals surface area contributed by atoms with Gasteiger partial charge in [0, 0.05) is 19.6 Å². The standard InChI is InChI=1S/C12H17NO3/c14-11-3-1-2-10(8-11)12(15)9-13-4-6-16-7-5-13/h1-3,8,12,14-15H,4-7,9H2. The van der Waals surface area contributed by atoms with Crippen LogP contribution in [0.2, 0.25) is 0 Å². The third kappa shape index (κ3) is 2.95. The van der Waals surface area contributed by atoms with Gasteiger partial charge in [0.15, 0.2) is 0 Å². The van der Waals surface area contributed by atoms with E-state index in [1.54, 1.807) is 18.2 Å². The van der Waals surface area contributed by atoms with Crippen molar-refractivity contribution in [3.63, 3.8) is 0 Å². The van der Waals surface area contributed by atoms with Crippen LogP contribution in [0.4, 0.5) is 0 Å². The summed E-state index contributed by atoms with van der Waals surface area (Å²) in [6.07, 6.45) is -0.551. The molecule has 0 radical (unpaired) electrons. The Balaban J connectivity index is 1.94. The molecule has 0 aliphatic carbocycles. The van der Waals surface area contributed by atoms with Crippen LogP contribution < -0.4 is 0 Å². The number of aliphatic hydroxyl groups excluding tert-OH is 1. The Morgan fingerprint density at radius 2 is 2.06 bits per heavy atom. The van der Waals surface area contributed by atoms with Gasteiger partial charge in [-0.15, -0.1) is 0 Å². The van der Waals surface area contributed by atoms with Gasteiger partial charge in [0.2, 0.25) is 0 Å². The van der Waals surface area contributed by atoms with Gasteiger partial charge in [-0.25, -0.2) is 0 Å². The van der Waals surface area contributed by atoms with Crippen molar-refractivity contribution in [2.45, 2.75) is 6.10 Å². The monoisotopic (exact) mass is 223 g/mol. The first kappa shape index (κ1) is 11.4. The molecule has 0 saturated carbocycles. The average molecular weight is 223 g/mol. The van der Waals surface area contributed by atoms with Crippen LogP contribution in [-0.2, 0) is 4.74 Å². The molecule has 4 nitrogen and oxygen atoms in total. The largest absolute Gasteiger partial charge is 0.508 e. The SMILES string of the molecule is Oc1cccc(C(O)CN2CCOCC2)c1. The molecule has 16 heavy (non-hydrogen) atoms. The van der Waals surface area contributed by atoms with Crippen molar-refractivity contribution in [2.75, 3.05) is 32.8 Å². The highest BCUT2D eigenvalue weighted by atomic mass is 16.5. The van der Waals surface area contributed by atoms with Crippen LogP contribution >= 0.6 is 0 Å². The predicted octanol–water partition coefficient (Wildman–Crippen LogP) is 0.758. The molecule has 1 aliphatic heterocycles. The van der Waals surface area contributed by atoms with Gasteiger partial charge in [0.25, 0.3) is 0 Å². The topological polar surface area (TPSA) is 52.9 Å². The molecule has 1 aliphatic rings. The van der Waals surface area contributed by atoms with Gasteiger partial charge in [0.05, 0.1) is 19.3 Å². The molecule has 0 aromatic heterocycles. The Kier molecular flexibility index (Phi) is 3.77. The molecule has 1 unspecified atom stereocenters. The smallest absolute Gasteiger partial charge is 0.115 e. The third-order valence-electron chi connectivity index (χ3n) is 2.79. The maximum Gasteiger partial charge on any atom is 0.115 e. The molecule has 0 amide bonds. The van der Waals surface area contributed by atoms with Crippen LogP contribution in [0.15, 0.2) is 24.3 Å². The number of benzene rings is 1. The van der Waals surface area contributed by atoms with E-state index in [2.05, 4.69) is 4.90 Å². The van der Waals surface area contributed by atoms with E-state index in [1.165, 1.54) is 0 Å². The molecule has 1 aromatic rings. The number of aromatic hydroxyl groups is 1. The Labute approximate surface area is 95.1 Å². The lowest BCUT2D eigenvalue weighted by atomic mass is 10.1. The molecule has 4 heteroatoms. The summed E-state index contributed by atoms with van der Waals surface area (Å²) in [6.45, 7) is 3.76. The average Bonchev–Trinajstić information content (AvgIpc) is 2.30. The van der Waals surface area contributed by atoms with E-state index < -0.39 is 6.10 Å². The van der Waals surface area contributed by atoms with Crippen LogP contribution in [0, 0.1) is 0 Å². The number of hydrogen-bond donors (Lipinski definition) is 2. The molecule has 0 bridgehead atoms. The first-order chi connectivity index (χ1) is 7.75. The van der Waals surface area contributed by atoms with E-state index >= 15 is 0 Å². The second kappa shape index (κ2) is 5.30. The first-order valence-electron chi connectivity index (χ1n) is 5.53. The van der Waals surface area contributed by atoms with Gasteiger partial charge in [0.1, 0.15) is 5.75 Å². The lowest BCUT2D eigenvalue weighted by Crippen LogP contribution is -2.38. The fourth-order valence-electron chi connectivity index (χ4n) is 1.87. The van der Waals surface area contributed by atoms with Crippen molar-refractivity contribution >= 4 is 0 Å². The summed E-state index contributed by atoms with van der Waals surface area (Å²) in [5, 5.41) is 19.3. The minimum Gasteiger partial charge on any atom is -0.508 e. The zero-order valence-corrected chi connectivity index (χ0v) is 9.17. The minimum atomic E-state index is -0.551. The van der Waals surface area contributed by atoms with Crippen LogP contribution in [0.1, 0.15) is 11.7 Å². The van der Waals surface area contributed by atoms with E-state index in [4.69, 9.17) is 4.74 Å². The molecule has 1 fully saturated rings. The molecule has 2 rings (SSSR count). The molecular formula is C12H17NO3. The van der Waals surface area contributed by atoms with Crippen LogP contribution in [0.25, 0.3) is 0 Å². The fourth-order valence-corrected chi connectivity index (χ4v) is 1.87. The number of phenolic OH excluding ortho intramolecular Hbond substituents is 1. The van der Waals surface area contributed by atoms with E-state index in [1.807, 2.05) is 6.07 Å². The maximum absolute atomic E-state index is 10.0. The summed E-state index contributed by atoms with van der Waals surface area (Å²) in [5.41, 5.74) is 0.756. The minimum absolute atomic E-state index is 0.193. The van der Waals surface area contributed by atoms with Crippen molar-refractivity contribution in [1.82, 2.24) is 4.90 Å². The number of rotatable bonds is 3. The first-order valence-corrected chi connectivity index (χ1v) is 5.53. The molecule has 0 spiro atoms. The number of β-amino-alcohol motifs (C(OH)–C–C–N with tert-alkyl or cyclic N) is 1. The van der Waals surface area contributed by atoms with Gasteiger partial charge in [-0.1, -0.05) is 12.1 Å². The number of hydrogen-bond acceptors (Lipinski definition) is 4. The van der Waals surface area contributed by atoms with Crippen LogP contribution in [0.3, 0.4) is 0 Å². The third-order valence-corrected chi connectivity index (χ3v) is 2.79. The molecule has 2 N–H and O–H groups in total. The van der Waals surface area contributed by atoms with E-state index in [0.717, 1.165) is 31.9 Å². The lowest BCUT2D eigenvalue weighted by Gasteiger charge is -2.28. The van der Waals surface area contributed by atoms with Crippen molar-refractivity contribution < 1.29 is 14.9 Å². The van der Waals surface area contributed by atoms with Crippen molar-refractivity contribution in [3.05, 3.63) is 29.8 Å². The highest BCUT2D eigenvalue weighted by molar-refractivity contribution is 5.28. The Morgan fingerprint density at radius 1 is 1.31 bits per heavy atom. The number of morpholine rings is 1. The zero-order valence-electron chi connectivity index (χ0n) is 9.17. The summed E-state index contributed by atoms with van der Waals surface area (Å²) in [6, 6.07) is 6.77. The molecule has 1 atom stereocenters. The Morgan fingerprint density at radius 3 is 2.75 bits per heavy atom. The van der Waals surface area contributed by atoms with Gasteiger partial charge in [-0.2, -0.15) is 0 Å². The predicted molar refractivity (Wildman–Crippen MR) is 60.3 cm³/mol. The van der Waals surface area contributed by atoms with Gasteiger partial charge < -0.3 is 14.9 Å². The molecular weight excluding hydrogens is 206 g/mol. The number of ether oxygens (including phenoxy) is 1. The van der Waals surface area contributed by atoms with Crippen LogP contribution in [-0.4, -0.2) is 48.0 Å². The molecule has 1 aromatic carbocycles. The Hall–Kier alpha value is -1.10. The second-order valence-electron chi connectivity index (χ2n) is 4.02. The highest BCUT2D eigenvalue weighted by Crippen LogP contribution is 2.19. The van der Waals surface area contributed by atoms with E-state index in [-0.39, 0.29) is 5.75 Å². The Bertz CT molecular complexity index is 337. The van der Waals surface area contributed by atoms with Crippen molar-refractivity contribution in [1.29, 1.82) is 0 Å². The summed E-state index contributed by atoms with van der Waals surface area (Å²) < 4.78 is 5.24. The van der Waals surface area contributed by atoms with Gasteiger partial charge in [-0.05, 0) is 17.7 Å². The number of nitrogens with zero attached hydrogens (tertiary/aromatic N) is 1. The maximum atomic E-state index is 10.0. The number of phenols is 1. The second-order valence-corrected chi connectivity index (χ2v) is 4.02. The van der Waals surface area contributed by atoms with Crippen molar-refractivity contribution in [3.8, 4) is 5.75 Å². The molecule has 1 heterocycles. The van der Waals surface area contributed by atoms with E-state index in [0.29, 0.717) is 6.54 Å². The zero-order chi connectivity index (χ0) is 11.4. The lowest BCUT2D eigenvalue weighted by molar-refractivity contribution is 0.0143. The van der Waals surface area contributed by atoms with Crippen LogP contribution in [0.5, 0.6) is 5.75 Å². The summed E-state index contributed by atoms with van der Waals surface area (Å²) in [7, 11) is 0. The fraction of sp³-hybridized carbons (Fsp3) is 0.500. The molecule has 88 valence electrons. The van der Waals surface area contributed by atoms with Gasteiger partial charge in [-0.3, -0.25) is 4.90 Å². The summed E-state index contributed by atoms with van der Waals surface area (Å²) >= 11 is 0.